The molecule has 1 aromatic carbocycles. The van der Waals surface area contributed by atoms with E-state index in [2.05, 4.69) is 10.3 Å². The summed E-state index contributed by atoms with van der Waals surface area (Å²) >= 11 is 5.90. The molecule has 2 heterocycles. The second-order valence-electron chi connectivity index (χ2n) is 4.80. The van der Waals surface area contributed by atoms with Crippen molar-refractivity contribution in [2.75, 3.05) is 0 Å². The Labute approximate surface area is 121 Å². The van der Waals surface area contributed by atoms with Gasteiger partial charge in [0.15, 0.2) is 6.23 Å². The second kappa shape index (κ2) is 5.29. The van der Waals surface area contributed by atoms with Crippen LogP contribution in [0.4, 0.5) is 4.39 Å². The van der Waals surface area contributed by atoms with Crippen molar-refractivity contribution in [2.45, 2.75) is 26.0 Å². The van der Waals surface area contributed by atoms with Gasteiger partial charge in [-0.3, -0.25) is 4.98 Å². The van der Waals surface area contributed by atoms with Crippen molar-refractivity contribution in [3.63, 3.8) is 0 Å². The molecule has 0 saturated heterocycles. The molecule has 0 saturated carbocycles. The third-order valence-electron chi connectivity index (χ3n) is 3.25. The first-order valence-corrected chi connectivity index (χ1v) is 6.88. The Morgan fingerprint density at radius 2 is 2.25 bits per heavy atom. The molecule has 3 nitrogen and oxygen atoms in total. The van der Waals surface area contributed by atoms with Gasteiger partial charge in [0.2, 0.25) is 0 Å². The van der Waals surface area contributed by atoms with Gasteiger partial charge in [0.25, 0.3) is 0 Å². The molecule has 0 spiro atoms. The molecule has 2 aromatic rings. The van der Waals surface area contributed by atoms with Gasteiger partial charge < -0.3 is 10.1 Å². The lowest BCUT2D eigenvalue weighted by Gasteiger charge is -2.10. The molecule has 0 radical (unpaired) electrons. The number of pyridine rings is 1. The summed E-state index contributed by atoms with van der Waals surface area (Å²) in [6, 6.07) is 5.13. The molecule has 1 aliphatic heterocycles. The van der Waals surface area contributed by atoms with E-state index in [-0.39, 0.29) is 12.0 Å². The highest BCUT2D eigenvalue weighted by Crippen LogP contribution is 2.23. The summed E-state index contributed by atoms with van der Waals surface area (Å²) in [5.41, 5.74) is 2.15. The minimum atomic E-state index is -0.333. The maximum absolute atomic E-state index is 14.0. The maximum Gasteiger partial charge on any atom is 0.168 e. The fourth-order valence-corrected chi connectivity index (χ4v) is 2.46. The zero-order valence-corrected chi connectivity index (χ0v) is 11.7. The zero-order valence-electron chi connectivity index (χ0n) is 11.0. The standard InChI is InChI=1S/C15H14ClFN2O/c1-2-14-19-12(8-20-14)4-9-3-10-6-11(16)7-18-15(10)13(17)5-9/h3,5-8,14,19H,2,4H2,1H3. The first kappa shape index (κ1) is 13.2. The number of rotatable bonds is 3. The van der Waals surface area contributed by atoms with Crippen LogP contribution in [0.25, 0.3) is 10.9 Å². The molecule has 5 heteroatoms. The van der Waals surface area contributed by atoms with Crippen LogP contribution in [0, 0.1) is 5.82 Å². The van der Waals surface area contributed by atoms with Crippen LogP contribution in [0.2, 0.25) is 5.02 Å². The fourth-order valence-electron chi connectivity index (χ4n) is 2.29. The van der Waals surface area contributed by atoms with Gasteiger partial charge in [0.1, 0.15) is 17.6 Å². The highest BCUT2D eigenvalue weighted by atomic mass is 35.5. The summed E-state index contributed by atoms with van der Waals surface area (Å²) in [7, 11) is 0. The van der Waals surface area contributed by atoms with Gasteiger partial charge in [-0.15, -0.1) is 0 Å². The fraction of sp³-hybridized carbons (Fsp3) is 0.267. The van der Waals surface area contributed by atoms with Crippen LogP contribution >= 0.6 is 11.6 Å². The van der Waals surface area contributed by atoms with Crippen LogP contribution in [0.1, 0.15) is 18.9 Å². The Balaban J connectivity index is 1.89. The zero-order chi connectivity index (χ0) is 14.1. The predicted molar refractivity (Wildman–Crippen MR) is 76.8 cm³/mol. The number of fused-ring (bicyclic) bond motifs is 1. The molecular formula is C15H14ClFN2O. The molecule has 0 fully saturated rings. The molecule has 0 amide bonds. The van der Waals surface area contributed by atoms with Gasteiger partial charge in [-0.05, 0) is 23.8 Å². The van der Waals surface area contributed by atoms with E-state index >= 15 is 0 Å². The van der Waals surface area contributed by atoms with E-state index in [4.69, 9.17) is 16.3 Å². The van der Waals surface area contributed by atoms with E-state index in [9.17, 15) is 4.39 Å². The van der Waals surface area contributed by atoms with Crippen molar-refractivity contribution in [2.24, 2.45) is 0 Å². The monoisotopic (exact) mass is 292 g/mol. The number of nitrogens with zero attached hydrogens (tertiary/aromatic N) is 1. The van der Waals surface area contributed by atoms with Gasteiger partial charge in [-0.1, -0.05) is 18.5 Å². The van der Waals surface area contributed by atoms with Gasteiger partial charge in [-0.25, -0.2) is 4.39 Å². The number of ether oxygens (including phenoxy) is 1. The van der Waals surface area contributed by atoms with Crippen molar-refractivity contribution in [3.05, 3.63) is 52.8 Å². The Morgan fingerprint density at radius 1 is 1.40 bits per heavy atom. The Bertz CT molecular complexity index is 687. The molecule has 1 aromatic heterocycles. The van der Waals surface area contributed by atoms with E-state index in [0.29, 0.717) is 22.3 Å². The van der Waals surface area contributed by atoms with Crippen LogP contribution in [-0.2, 0) is 11.2 Å². The lowest BCUT2D eigenvalue weighted by Crippen LogP contribution is -2.23. The molecule has 0 bridgehead atoms. The third-order valence-corrected chi connectivity index (χ3v) is 3.46. The molecule has 1 N–H and O–H groups in total. The molecule has 3 rings (SSSR count). The van der Waals surface area contributed by atoms with E-state index in [0.717, 1.165) is 17.7 Å². The van der Waals surface area contributed by atoms with Crippen LogP contribution < -0.4 is 5.32 Å². The topological polar surface area (TPSA) is 34.2 Å². The Kier molecular flexibility index (Phi) is 3.49. The summed E-state index contributed by atoms with van der Waals surface area (Å²) in [5, 5.41) is 4.45. The van der Waals surface area contributed by atoms with Crippen LogP contribution in [-0.4, -0.2) is 11.2 Å². The SMILES string of the molecule is CCC1NC(Cc2cc(F)c3ncc(Cl)cc3c2)=CO1. The summed E-state index contributed by atoms with van der Waals surface area (Å²) < 4.78 is 19.4. The lowest BCUT2D eigenvalue weighted by atomic mass is 10.1. The number of benzene rings is 1. The number of hydrogen-bond donors (Lipinski definition) is 1. The average Bonchev–Trinajstić information content (AvgIpc) is 2.85. The Hall–Kier alpha value is -1.81. The van der Waals surface area contributed by atoms with Crippen LogP contribution in [0.3, 0.4) is 0 Å². The number of halogens is 2. The van der Waals surface area contributed by atoms with Crippen LogP contribution in [0.15, 0.2) is 36.4 Å². The van der Waals surface area contributed by atoms with Gasteiger partial charge in [-0.2, -0.15) is 0 Å². The highest BCUT2D eigenvalue weighted by molar-refractivity contribution is 6.31. The molecule has 1 atom stereocenters. The van der Waals surface area contributed by atoms with Gasteiger partial charge in [0, 0.05) is 24.4 Å². The smallest absolute Gasteiger partial charge is 0.168 e. The third kappa shape index (κ3) is 2.56. The largest absolute Gasteiger partial charge is 0.477 e. The van der Waals surface area contributed by atoms with Crippen LogP contribution in [0.5, 0.6) is 0 Å². The minimum Gasteiger partial charge on any atom is -0.477 e. The van der Waals surface area contributed by atoms with E-state index in [1.165, 1.54) is 12.3 Å². The average molecular weight is 293 g/mol. The molecule has 1 aliphatic rings. The number of nitrogens with one attached hydrogen (secondary N) is 1. The maximum atomic E-state index is 14.0. The van der Waals surface area contributed by atoms with E-state index in [1.54, 1.807) is 12.3 Å². The number of allylic oxidation sites excluding steroid dienone is 1. The summed E-state index contributed by atoms with van der Waals surface area (Å²) in [5.74, 6) is -0.333. The quantitative estimate of drug-likeness (QED) is 0.935. The summed E-state index contributed by atoms with van der Waals surface area (Å²) in [6.07, 6.45) is 4.65. The first-order chi connectivity index (χ1) is 9.65. The van der Waals surface area contributed by atoms with Crippen molar-refractivity contribution in [3.8, 4) is 0 Å². The minimum absolute atomic E-state index is 0.0198. The van der Waals surface area contributed by atoms with Gasteiger partial charge >= 0.3 is 0 Å². The molecular weight excluding hydrogens is 279 g/mol. The second-order valence-corrected chi connectivity index (χ2v) is 5.24. The summed E-state index contributed by atoms with van der Waals surface area (Å²) in [4.78, 5) is 4.02. The number of aromatic nitrogens is 1. The molecule has 1 unspecified atom stereocenters. The van der Waals surface area contributed by atoms with Crippen molar-refractivity contribution >= 4 is 22.5 Å². The van der Waals surface area contributed by atoms with Crippen molar-refractivity contribution < 1.29 is 9.13 Å². The molecule has 20 heavy (non-hydrogen) atoms. The molecule has 104 valence electrons. The Morgan fingerprint density at radius 3 is 3.00 bits per heavy atom. The predicted octanol–water partition coefficient (Wildman–Crippen LogP) is 3.77. The first-order valence-electron chi connectivity index (χ1n) is 6.50. The lowest BCUT2D eigenvalue weighted by molar-refractivity contribution is 0.148. The van der Waals surface area contributed by atoms with Crippen molar-refractivity contribution in [1.82, 2.24) is 10.3 Å². The highest BCUT2D eigenvalue weighted by Gasteiger charge is 2.16. The van der Waals surface area contributed by atoms with E-state index < -0.39 is 0 Å². The van der Waals surface area contributed by atoms with Gasteiger partial charge in [0.05, 0.1) is 10.7 Å². The normalized spacial score (nSPS) is 17.8. The number of hydrogen-bond acceptors (Lipinski definition) is 3. The van der Waals surface area contributed by atoms with Crippen molar-refractivity contribution in [1.29, 1.82) is 0 Å². The summed E-state index contributed by atoms with van der Waals surface area (Å²) in [6.45, 7) is 2.04. The van der Waals surface area contributed by atoms with E-state index in [1.807, 2.05) is 13.0 Å². The molecule has 0 aliphatic carbocycles.